The predicted molar refractivity (Wildman–Crippen MR) is 135 cm³/mol. The van der Waals surface area contributed by atoms with E-state index >= 15 is 0 Å². The summed E-state index contributed by atoms with van der Waals surface area (Å²) in [5, 5.41) is 3.82. The van der Waals surface area contributed by atoms with Crippen molar-refractivity contribution < 1.29 is 18.7 Å². The Hall–Kier alpha value is -3.14. The van der Waals surface area contributed by atoms with E-state index in [0.29, 0.717) is 72.1 Å². The molecule has 1 aromatic carbocycles. The number of aromatic nitrogens is 2. The Morgan fingerprint density at radius 1 is 1.14 bits per heavy atom. The van der Waals surface area contributed by atoms with Gasteiger partial charge in [-0.3, -0.25) is 9.88 Å². The SMILES string of the molecule is O=C1Nc2c(N3CCOCC3)ncc(Cl)c2CN1c1cc2c(cc1Cl)CCC(c1ncccc1F)O2. The lowest BCUT2D eigenvalue weighted by Gasteiger charge is -2.35. The number of aryl methyl sites for hydroxylation is 1. The third kappa shape index (κ3) is 4.11. The van der Waals surface area contributed by atoms with Gasteiger partial charge in [-0.05, 0) is 36.6 Å². The summed E-state index contributed by atoms with van der Waals surface area (Å²) in [4.78, 5) is 25.5. The van der Waals surface area contributed by atoms with Gasteiger partial charge in [-0.2, -0.15) is 0 Å². The minimum atomic E-state index is -0.528. The Labute approximate surface area is 216 Å². The van der Waals surface area contributed by atoms with Crippen LogP contribution in [0.15, 0.2) is 36.7 Å². The smallest absolute Gasteiger partial charge is 0.326 e. The lowest BCUT2D eigenvalue weighted by atomic mass is 9.99. The predicted octanol–water partition coefficient (Wildman–Crippen LogP) is 5.38. The van der Waals surface area contributed by atoms with Gasteiger partial charge in [0.05, 0.1) is 41.2 Å². The standard InChI is InChI=1S/C25H22Cl2FN5O3/c26-16-10-14-3-4-20(23-18(28)2-1-5-29-23)36-21(14)11-19(16)33-13-15-17(27)12-30-24(22(15)31-25(33)34)32-6-8-35-9-7-32/h1-2,5,10-12,20H,3-4,6-9,13H2,(H,31,34). The average molecular weight is 530 g/mol. The van der Waals surface area contributed by atoms with E-state index in [9.17, 15) is 9.18 Å². The molecule has 1 N–H and O–H groups in total. The van der Waals surface area contributed by atoms with E-state index in [1.165, 1.54) is 11.0 Å². The van der Waals surface area contributed by atoms with E-state index < -0.39 is 11.9 Å². The average Bonchev–Trinajstić information content (AvgIpc) is 2.89. The van der Waals surface area contributed by atoms with Gasteiger partial charge in [0.1, 0.15) is 23.4 Å². The van der Waals surface area contributed by atoms with Gasteiger partial charge in [0.25, 0.3) is 0 Å². The Morgan fingerprint density at radius 3 is 2.78 bits per heavy atom. The first-order valence-corrected chi connectivity index (χ1v) is 12.4. The fourth-order valence-corrected chi connectivity index (χ4v) is 5.33. The monoisotopic (exact) mass is 529 g/mol. The lowest BCUT2D eigenvalue weighted by Crippen LogP contribution is -2.42. The maximum atomic E-state index is 14.3. The largest absolute Gasteiger partial charge is 0.484 e. The number of hydrogen-bond acceptors (Lipinski definition) is 6. The molecule has 3 aliphatic rings. The number of rotatable bonds is 3. The zero-order chi connectivity index (χ0) is 24.8. The summed E-state index contributed by atoms with van der Waals surface area (Å²) in [6.45, 7) is 2.73. The summed E-state index contributed by atoms with van der Waals surface area (Å²) in [6, 6.07) is 6.09. The van der Waals surface area contributed by atoms with Crippen molar-refractivity contribution in [1.82, 2.24) is 9.97 Å². The van der Waals surface area contributed by atoms with E-state index in [2.05, 4.69) is 20.2 Å². The molecular formula is C25H22Cl2FN5O3. The number of benzene rings is 1. The van der Waals surface area contributed by atoms with Gasteiger partial charge in [0.2, 0.25) is 0 Å². The van der Waals surface area contributed by atoms with Crippen molar-refractivity contribution in [3.63, 3.8) is 0 Å². The van der Waals surface area contributed by atoms with Gasteiger partial charge in [0.15, 0.2) is 5.82 Å². The molecule has 3 aromatic rings. The maximum absolute atomic E-state index is 14.3. The van der Waals surface area contributed by atoms with Crippen LogP contribution in [-0.4, -0.2) is 42.3 Å². The minimum Gasteiger partial charge on any atom is -0.484 e. The Bertz CT molecular complexity index is 1350. The number of fused-ring (bicyclic) bond motifs is 2. The van der Waals surface area contributed by atoms with Crippen LogP contribution in [-0.2, 0) is 17.7 Å². The third-order valence-corrected chi connectivity index (χ3v) is 7.30. The zero-order valence-corrected chi connectivity index (χ0v) is 20.7. The van der Waals surface area contributed by atoms with Crippen molar-refractivity contribution in [2.24, 2.45) is 0 Å². The number of nitrogens with one attached hydrogen (secondary N) is 1. The van der Waals surface area contributed by atoms with E-state index in [4.69, 9.17) is 32.7 Å². The Morgan fingerprint density at radius 2 is 1.97 bits per heavy atom. The molecule has 8 nitrogen and oxygen atoms in total. The number of nitrogens with zero attached hydrogens (tertiary/aromatic N) is 4. The number of carbonyl (C=O) groups excluding carboxylic acids is 1. The highest BCUT2D eigenvalue weighted by Crippen LogP contribution is 2.44. The minimum absolute atomic E-state index is 0.205. The molecule has 0 aliphatic carbocycles. The highest BCUT2D eigenvalue weighted by molar-refractivity contribution is 6.34. The van der Waals surface area contributed by atoms with Crippen LogP contribution in [0, 0.1) is 5.82 Å². The first-order chi connectivity index (χ1) is 17.5. The van der Waals surface area contributed by atoms with E-state index in [0.717, 1.165) is 11.1 Å². The molecule has 6 rings (SSSR count). The van der Waals surface area contributed by atoms with Crippen molar-refractivity contribution in [3.05, 3.63) is 69.3 Å². The quantitative estimate of drug-likeness (QED) is 0.490. The summed E-state index contributed by atoms with van der Waals surface area (Å²) in [7, 11) is 0. The number of morpholine rings is 1. The van der Waals surface area contributed by atoms with Gasteiger partial charge < -0.3 is 19.7 Å². The normalized spacial score (nSPS) is 19.3. The molecule has 1 unspecified atom stereocenters. The summed E-state index contributed by atoms with van der Waals surface area (Å²) in [6.07, 6.45) is 3.83. The van der Waals surface area contributed by atoms with Crippen LogP contribution in [0.2, 0.25) is 10.0 Å². The van der Waals surface area contributed by atoms with Crippen molar-refractivity contribution in [1.29, 1.82) is 0 Å². The fraction of sp³-hybridized carbons (Fsp3) is 0.320. The summed E-state index contributed by atoms with van der Waals surface area (Å²) in [5.41, 5.74) is 2.98. The number of anilines is 3. The van der Waals surface area contributed by atoms with E-state index in [1.54, 1.807) is 30.6 Å². The van der Waals surface area contributed by atoms with Gasteiger partial charge in [0, 0.05) is 37.1 Å². The number of amides is 2. The molecule has 0 saturated carbocycles. The molecule has 0 radical (unpaired) electrons. The Balaban J connectivity index is 1.33. The third-order valence-electron chi connectivity index (χ3n) is 6.68. The molecule has 5 heterocycles. The van der Waals surface area contributed by atoms with Gasteiger partial charge in [-0.25, -0.2) is 14.2 Å². The van der Waals surface area contributed by atoms with Crippen molar-refractivity contribution >= 4 is 46.4 Å². The number of ether oxygens (including phenoxy) is 2. The van der Waals surface area contributed by atoms with E-state index in [1.807, 2.05) is 0 Å². The molecule has 2 aromatic heterocycles. The molecule has 0 spiro atoms. The molecule has 3 aliphatic heterocycles. The molecule has 1 saturated heterocycles. The maximum Gasteiger partial charge on any atom is 0.326 e. The second-order valence-electron chi connectivity index (χ2n) is 8.83. The second kappa shape index (κ2) is 9.38. The number of urea groups is 1. The summed E-state index contributed by atoms with van der Waals surface area (Å²) in [5.74, 6) is 0.807. The van der Waals surface area contributed by atoms with Crippen LogP contribution in [0.4, 0.5) is 26.4 Å². The van der Waals surface area contributed by atoms with Gasteiger partial charge in [-0.1, -0.05) is 23.2 Å². The summed E-state index contributed by atoms with van der Waals surface area (Å²) >= 11 is 13.2. The van der Waals surface area contributed by atoms with Crippen LogP contribution in [0.25, 0.3) is 0 Å². The molecule has 36 heavy (non-hydrogen) atoms. The van der Waals surface area contributed by atoms with Gasteiger partial charge in [-0.15, -0.1) is 0 Å². The molecular weight excluding hydrogens is 508 g/mol. The van der Waals surface area contributed by atoms with Gasteiger partial charge >= 0.3 is 6.03 Å². The molecule has 2 amide bonds. The number of carbonyl (C=O) groups is 1. The second-order valence-corrected chi connectivity index (χ2v) is 9.64. The summed E-state index contributed by atoms with van der Waals surface area (Å²) < 4.78 is 25.9. The fourth-order valence-electron chi connectivity index (χ4n) is 4.84. The number of pyridine rings is 2. The zero-order valence-electron chi connectivity index (χ0n) is 19.1. The number of hydrogen-bond donors (Lipinski definition) is 1. The highest BCUT2D eigenvalue weighted by Gasteiger charge is 2.33. The molecule has 0 bridgehead atoms. The van der Waals surface area contributed by atoms with Crippen LogP contribution < -0.4 is 19.9 Å². The van der Waals surface area contributed by atoms with Crippen LogP contribution in [0.1, 0.15) is 29.3 Å². The first kappa shape index (κ1) is 23.3. The Kier molecular flexibility index (Phi) is 6.07. The number of halogens is 3. The van der Waals surface area contributed by atoms with Crippen LogP contribution >= 0.6 is 23.2 Å². The van der Waals surface area contributed by atoms with E-state index in [-0.39, 0.29) is 18.3 Å². The van der Waals surface area contributed by atoms with Crippen molar-refractivity contribution in [3.8, 4) is 5.75 Å². The molecule has 186 valence electrons. The molecule has 11 heteroatoms. The van der Waals surface area contributed by atoms with Crippen molar-refractivity contribution in [2.45, 2.75) is 25.5 Å². The topological polar surface area (TPSA) is 79.8 Å². The highest BCUT2D eigenvalue weighted by atomic mass is 35.5. The lowest BCUT2D eigenvalue weighted by molar-refractivity contribution is 0.122. The first-order valence-electron chi connectivity index (χ1n) is 11.7. The van der Waals surface area contributed by atoms with Crippen LogP contribution in [0.5, 0.6) is 5.75 Å². The molecule has 1 fully saturated rings. The molecule has 1 atom stereocenters. The van der Waals surface area contributed by atoms with Crippen LogP contribution in [0.3, 0.4) is 0 Å². The van der Waals surface area contributed by atoms with Crippen molar-refractivity contribution in [2.75, 3.05) is 41.4 Å².